The first kappa shape index (κ1) is 29.4. The zero-order valence-electron chi connectivity index (χ0n) is 24.7. The third-order valence-corrected chi connectivity index (χ3v) is 9.32. The summed E-state index contributed by atoms with van der Waals surface area (Å²) in [6.07, 6.45) is 7.11. The molecule has 0 radical (unpaired) electrons. The summed E-state index contributed by atoms with van der Waals surface area (Å²) in [5, 5.41) is 21.2. The van der Waals surface area contributed by atoms with Crippen molar-refractivity contribution < 1.29 is 32.9 Å². The molecule has 0 spiro atoms. The molecule has 45 heavy (non-hydrogen) atoms. The number of aliphatic hydroxyl groups is 1. The highest BCUT2D eigenvalue weighted by atomic mass is 19.1. The Bertz CT molecular complexity index is 1870. The minimum Gasteiger partial charge on any atom is -0.508 e. The van der Waals surface area contributed by atoms with E-state index in [2.05, 4.69) is 20.8 Å². The molecule has 0 bridgehead atoms. The number of likely N-dealkylation sites (N-methyl/N-ethyl adjacent to an activating group) is 1. The number of nitrogens with zero attached hydrogens (tertiary/aromatic N) is 5. The molecule has 2 N–H and O–H groups in total. The van der Waals surface area contributed by atoms with Gasteiger partial charge in [-0.15, -0.1) is 6.42 Å². The summed E-state index contributed by atoms with van der Waals surface area (Å²) in [5.74, 6) is 0.961. The highest BCUT2D eigenvalue weighted by molar-refractivity contribution is 6.04. The van der Waals surface area contributed by atoms with E-state index >= 15 is 4.39 Å². The second-order valence-electron chi connectivity index (χ2n) is 11.9. The number of hydrogen-bond donors (Lipinski definition) is 2. The number of alkyl halides is 1. The monoisotopic (exact) mass is 619 g/mol. The van der Waals surface area contributed by atoms with Crippen LogP contribution in [0.1, 0.15) is 38.2 Å². The lowest BCUT2D eigenvalue weighted by Crippen LogP contribution is -2.43. The topological polar surface area (TPSA) is 104 Å². The zero-order chi connectivity index (χ0) is 31.5. The van der Waals surface area contributed by atoms with Crippen LogP contribution in [0.5, 0.6) is 17.6 Å². The third-order valence-electron chi connectivity index (χ3n) is 9.32. The van der Waals surface area contributed by atoms with Gasteiger partial charge in [-0.2, -0.15) is 9.97 Å². The van der Waals surface area contributed by atoms with Crippen molar-refractivity contribution in [1.82, 2.24) is 19.9 Å². The van der Waals surface area contributed by atoms with Gasteiger partial charge >= 0.3 is 6.01 Å². The van der Waals surface area contributed by atoms with Gasteiger partial charge in [-0.25, -0.2) is 18.2 Å². The number of anilines is 1. The van der Waals surface area contributed by atoms with E-state index in [0.29, 0.717) is 37.1 Å². The molecular weight excluding hydrogens is 587 g/mol. The summed E-state index contributed by atoms with van der Waals surface area (Å²) < 4.78 is 58.5. The average Bonchev–Trinajstić information content (AvgIpc) is 3.50. The highest BCUT2D eigenvalue weighted by Gasteiger charge is 2.49. The molecule has 2 saturated heterocycles. The van der Waals surface area contributed by atoms with Crippen LogP contribution in [0, 0.1) is 24.0 Å². The van der Waals surface area contributed by atoms with E-state index in [9.17, 15) is 19.0 Å². The predicted molar refractivity (Wildman–Crippen MR) is 162 cm³/mol. The SMILES string of the molecule is C#Cc1c(F)ccc2cc(O)cc(-c3nc4c5c(nc(OC[C@@]67CCCN6C[C@H](F)C7)nc5c3F)N(CC)[C@@H](CCO)CO4)c12. The number of rotatable bonds is 7. The summed E-state index contributed by atoms with van der Waals surface area (Å²) in [6.45, 7) is 3.61. The quantitative estimate of drug-likeness (QED) is 0.284. The number of ether oxygens (including phenoxy) is 2. The number of aromatic hydroxyl groups is 1. The number of phenolic OH excluding ortho intramolecular Hbond substituents is 1. The van der Waals surface area contributed by atoms with Gasteiger partial charge in [0.15, 0.2) is 5.82 Å². The standard InChI is InChI=1S/C33H32F3N5O4/c1-3-22-24(35)7-6-18-12-21(43)13-23(25(18)22)28-27(36)29-26-30(41(4-2)20(8-11-42)16-44-31(26)37-28)39-32(38-29)45-17-33-9-5-10-40(33)15-19(34)14-33/h1,6-7,12-13,19-20,42-43H,4-5,8-11,14-17H2,2H3/t19-,20+,33+/m1/s1. The molecule has 5 heterocycles. The van der Waals surface area contributed by atoms with Gasteiger partial charge in [-0.05, 0) is 56.3 Å². The fourth-order valence-corrected chi connectivity index (χ4v) is 7.29. The maximum Gasteiger partial charge on any atom is 0.319 e. The number of aliphatic hydroxyl groups excluding tert-OH is 1. The van der Waals surface area contributed by atoms with Crippen molar-refractivity contribution >= 4 is 27.5 Å². The predicted octanol–water partition coefficient (Wildman–Crippen LogP) is 4.74. The lowest BCUT2D eigenvalue weighted by atomic mass is 9.95. The maximum absolute atomic E-state index is 16.9. The zero-order valence-corrected chi connectivity index (χ0v) is 24.7. The van der Waals surface area contributed by atoms with Gasteiger partial charge in [0.05, 0.1) is 17.1 Å². The molecule has 2 fully saturated rings. The Morgan fingerprint density at radius 1 is 1.20 bits per heavy atom. The van der Waals surface area contributed by atoms with Crippen LogP contribution < -0.4 is 14.4 Å². The van der Waals surface area contributed by atoms with Crippen LogP contribution in [-0.4, -0.2) is 87.3 Å². The lowest BCUT2D eigenvalue weighted by Gasteiger charge is -2.31. The fourth-order valence-electron chi connectivity index (χ4n) is 7.29. The van der Waals surface area contributed by atoms with Gasteiger partial charge in [-0.1, -0.05) is 12.0 Å². The molecule has 3 aliphatic heterocycles. The summed E-state index contributed by atoms with van der Waals surface area (Å²) in [5.41, 5.74) is -0.933. The van der Waals surface area contributed by atoms with E-state index in [-0.39, 0.29) is 76.6 Å². The van der Waals surface area contributed by atoms with E-state index < -0.39 is 23.3 Å². The molecule has 0 amide bonds. The van der Waals surface area contributed by atoms with Crippen molar-refractivity contribution in [2.45, 2.75) is 50.4 Å². The molecule has 3 aliphatic rings. The Balaban J connectivity index is 1.44. The Labute approximate surface area is 257 Å². The molecule has 3 atom stereocenters. The van der Waals surface area contributed by atoms with E-state index in [0.717, 1.165) is 19.4 Å². The molecule has 4 aromatic rings. The first-order chi connectivity index (χ1) is 21.8. The summed E-state index contributed by atoms with van der Waals surface area (Å²) >= 11 is 0. The van der Waals surface area contributed by atoms with Crippen molar-refractivity contribution in [1.29, 1.82) is 0 Å². The number of hydrogen-bond acceptors (Lipinski definition) is 9. The van der Waals surface area contributed by atoms with Crippen LogP contribution in [0.2, 0.25) is 0 Å². The van der Waals surface area contributed by atoms with Gasteiger partial charge in [0, 0.05) is 37.1 Å². The van der Waals surface area contributed by atoms with Gasteiger partial charge in [0.1, 0.15) is 53.4 Å². The average molecular weight is 620 g/mol. The second-order valence-corrected chi connectivity index (χ2v) is 11.9. The molecule has 12 heteroatoms. The fraction of sp³-hybridized carbons (Fsp3) is 0.424. The molecule has 0 aliphatic carbocycles. The van der Waals surface area contributed by atoms with Crippen LogP contribution in [0.15, 0.2) is 24.3 Å². The van der Waals surface area contributed by atoms with Crippen LogP contribution >= 0.6 is 0 Å². The van der Waals surface area contributed by atoms with Gasteiger partial charge < -0.3 is 24.6 Å². The normalized spacial score (nSPS) is 22.8. The van der Waals surface area contributed by atoms with E-state index in [1.807, 2.05) is 11.8 Å². The number of phenols is 1. The lowest BCUT2D eigenvalue weighted by molar-refractivity contribution is 0.107. The first-order valence-corrected chi connectivity index (χ1v) is 15.1. The number of benzene rings is 2. The molecule has 7 rings (SSSR count). The van der Waals surface area contributed by atoms with Crippen molar-refractivity contribution in [3.63, 3.8) is 0 Å². The van der Waals surface area contributed by atoms with Crippen molar-refractivity contribution in [3.8, 4) is 41.2 Å². The molecule has 2 aromatic heterocycles. The third kappa shape index (κ3) is 4.76. The Kier molecular flexibility index (Phi) is 7.33. The van der Waals surface area contributed by atoms with Gasteiger partial charge in [-0.3, -0.25) is 4.90 Å². The number of halogens is 3. The van der Waals surface area contributed by atoms with E-state index in [4.69, 9.17) is 20.9 Å². The summed E-state index contributed by atoms with van der Waals surface area (Å²) in [7, 11) is 0. The van der Waals surface area contributed by atoms with Crippen LogP contribution in [0.3, 0.4) is 0 Å². The maximum atomic E-state index is 16.9. The van der Waals surface area contributed by atoms with E-state index in [1.165, 1.54) is 24.3 Å². The van der Waals surface area contributed by atoms with Gasteiger partial charge in [0.2, 0.25) is 5.88 Å². The van der Waals surface area contributed by atoms with Crippen LogP contribution in [0.4, 0.5) is 19.0 Å². The van der Waals surface area contributed by atoms with Crippen molar-refractivity contribution in [2.75, 3.05) is 44.4 Å². The second kappa shape index (κ2) is 11.2. The number of aromatic nitrogens is 3. The molecule has 2 aromatic carbocycles. The Hall–Kier alpha value is -4.34. The smallest absolute Gasteiger partial charge is 0.319 e. The molecular formula is C33H32F3N5O4. The minimum atomic E-state index is -0.952. The Morgan fingerprint density at radius 3 is 2.82 bits per heavy atom. The number of fused-ring (bicyclic) bond motifs is 2. The van der Waals surface area contributed by atoms with Crippen LogP contribution in [-0.2, 0) is 0 Å². The Morgan fingerprint density at radius 2 is 2.04 bits per heavy atom. The van der Waals surface area contributed by atoms with Crippen molar-refractivity contribution in [3.05, 3.63) is 41.5 Å². The largest absolute Gasteiger partial charge is 0.508 e. The highest BCUT2D eigenvalue weighted by Crippen LogP contribution is 2.44. The summed E-state index contributed by atoms with van der Waals surface area (Å²) in [6, 6.07) is 4.89. The van der Waals surface area contributed by atoms with Gasteiger partial charge in [0.25, 0.3) is 0 Å². The minimum absolute atomic E-state index is 0.0358. The summed E-state index contributed by atoms with van der Waals surface area (Å²) in [4.78, 5) is 17.8. The molecule has 234 valence electrons. The van der Waals surface area contributed by atoms with Crippen molar-refractivity contribution in [2.24, 2.45) is 0 Å². The molecule has 9 nitrogen and oxygen atoms in total. The molecule has 0 saturated carbocycles. The number of terminal acetylenes is 1. The molecule has 0 unspecified atom stereocenters. The van der Waals surface area contributed by atoms with Crippen LogP contribution in [0.25, 0.3) is 32.9 Å². The number of pyridine rings is 1. The first-order valence-electron chi connectivity index (χ1n) is 15.1. The van der Waals surface area contributed by atoms with E-state index in [1.54, 1.807) is 0 Å².